The number of piperazine rings is 1. The molecule has 0 radical (unpaired) electrons. The number of cyclic esters (lactones) is 1. The first-order chi connectivity index (χ1) is 16.3. The molecule has 9 nitrogen and oxygen atoms in total. The highest BCUT2D eigenvalue weighted by Crippen LogP contribution is 2.29. The number of carbonyl (C=O) groups is 3. The van der Waals surface area contributed by atoms with E-state index in [0.717, 1.165) is 17.8 Å². The molecule has 2 aliphatic heterocycles. The Balaban J connectivity index is 1.30. The van der Waals surface area contributed by atoms with Crippen molar-refractivity contribution >= 4 is 46.6 Å². The minimum Gasteiger partial charge on any atom is -0.456 e. The number of amides is 2. The molecule has 3 aliphatic rings. The van der Waals surface area contributed by atoms with Crippen LogP contribution < -0.4 is 15.1 Å². The minimum absolute atomic E-state index is 0.268. The van der Waals surface area contributed by atoms with E-state index in [1.54, 1.807) is 17.0 Å². The van der Waals surface area contributed by atoms with Gasteiger partial charge < -0.3 is 24.6 Å². The van der Waals surface area contributed by atoms with Crippen LogP contribution in [0, 0.1) is 11.7 Å². The van der Waals surface area contributed by atoms with Gasteiger partial charge in [0, 0.05) is 39.0 Å². The maximum absolute atomic E-state index is 15.0. The number of nitrogens with one attached hydrogen (secondary N) is 1. The maximum atomic E-state index is 15.0. The quantitative estimate of drug-likeness (QED) is 0.457. The van der Waals surface area contributed by atoms with Gasteiger partial charge in [-0.2, -0.15) is 0 Å². The summed E-state index contributed by atoms with van der Waals surface area (Å²) in [5, 5.41) is 3.20. The van der Waals surface area contributed by atoms with E-state index in [1.165, 1.54) is 24.3 Å². The standard InChI is InChI=1S/C23H29FN4O5S/c1-15(29)32-14-21(30)27-9-7-26(8-10-27)20-6-5-17(11-19(20)24)28-13-18(33-23(28)31)12-25-22(34)16-3-2-4-16/h5-6,11,16,18H,2-4,7-10,12-14H2,1H3,(H,25,34). The topological polar surface area (TPSA) is 91.4 Å². The van der Waals surface area contributed by atoms with Crippen molar-refractivity contribution in [3.63, 3.8) is 0 Å². The van der Waals surface area contributed by atoms with Gasteiger partial charge in [0.05, 0.1) is 29.5 Å². The van der Waals surface area contributed by atoms with Gasteiger partial charge in [-0.3, -0.25) is 14.5 Å². The van der Waals surface area contributed by atoms with E-state index >= 15 is 0 Å². The Bertz CT molecular complexity index is 965. The molecule has 0 spiro atoms. The molecule has 0 aromatic heterocycles. The molecule has 34 heavy (non-hydrogen) atoms. The van der Waals surface area contributed by atoms with Crippen LogP contribution in [0.15, 0.2) is 18.2 Å². The fourth-order valence-electron chi connectivity index (χ4n) is 4.24. The van der Waals surface area contributed by atoms with Gasteiger partial charge in [-0.15, -0.1) is 0 Å². The first-order valence-corrected chi connectivity index (χ1v) is 11.9. The number of ether oxygens (including phenoxy) is 2. The first-order valence-electron chi connectivity index (χ1n) is 11.5. The second-order valence-electron chi connectivity index (χ2n) is 8.77. The molecule has 1 aromatic rings. The third-order valence-electron chi connectivity index (χ3n) is 6.47. The molecule has 1 aromatic carbocycles. The molecule has 1 unspecified atom stereocenters. The van der Waals surface area contributed by atoms with Crippen LogP contribution in [-0.4, -0.2) is 79.8 Å². The molecular formula is C23H29FN4O5S. The Labute approximate surface area is 203 Å². The van der Waals surface area contributed by atoms with E-state index < -0.39 is 17.9 Å². The number of halogens is 1. The first kappa shape index (κ1) is 24.2. The predicted molar refractivity (Wildman–Crippen MR) is 127 cm³/mol. The van der Waals surface area contributed by atoms with Crippen molar-refractivity contribution in [1.82, 2.24) is 10.2 Å². The number of anilines is 2. The van der Waals surface area contributed by atoms with Gasteiger partial charge in [0.2, 0.25) is 0 Å². The van der Waals surface area contributed by atoms with Gasteiger partial charge in [-0.05, 0) is 31.0 Å². The normalized spacial score (nSPS) is 20.6. The molecule has 1 aliphatic carbocycles. The third kappa shape index (κ3) is 5.57. The second kappa shape index (κ2) is 10.5. The number of hydrogen-bond acceptors (Lipinski definition) is 7. The molecule has 11 heteroatoms. The summed E-state index contributed by atoms with van der Waals surface area (Å²) in [7, 11) is 0. The van der Waals surface area contributed by atoms with E-state index in [1.807, 2.05) is 4.90 Å². The average molecular weight is 493 g/mol. The van der Waals surface area contributed by atoms with Gasteiger partial charge in [0.25, 0.3) is 5.91 Å². The van der Waals surface area contributed by atoms with Crippen molar-refractivity contribution in [2.45, 2.75) is 32.3 Å². The zero-order chi connectivity index (χ0) is 24.2. The van der Waals surface area contributed by atoms with Crippen molar-refractivity contribution in [3.05, 3.63) is 24.0 Å². The lowest BCUT2D eigenvalue weighted by Gasteiger charge is -2.36. The summed E-state index contributed by atoms with van der Waals surface area (Å²) in [4.78, 5) is 41.0. The van der Waals surface area contributed by atoms with E-state index in [-0.39, 0.29) is 18.6 Å². The lowest BCUT2D eigenvalue weighted by Crippen LogP contribution is -2.50. The number of benzene rings is 1. The van der Waals surface area contributed by atoms with Crippen molar-refractivity contribution in [1.29, 1.82) is 0 Å². The van der Waals surface area contributed by atoms with Crippen molar-refractivity contribution < 1.29 is 28.2 Å². The van der Waals surface area contributed by atoms with Crippen LogP contribution in [0.4, 0.5) is 20.6 Å². The summed E-state index contributed by atoms with van der Waals surface area (Å²) in [6, 6.07) is 4.68. The zero-order valence-electron chi connectivity index (χ0n) is 19.1. The predicted octanol–water partition coefficient (Wildman–Crippen LogP) is 2.08. The van der Waals surface area contributed by atoms with Crippen LogP contribution >= 0.6 is 12.2 Å². The van der Waals surface area contributed by atoms with Crippen LogP contribution in [-0.2, 0) is 19.1 Å². The van der Waals surface area contributed by atoms with Gasteiger partial charge in [-0.1, -0.05) is 18.6 Å². The molecule has 4 rings (SSSR count). The second-order valence-corrected chi connectivity index (χ2v) is 9.21. The Hall–Kier alpha value is -2.95. The lowest BCUT2D eigenvalue weighted by molar-refractivity contribution is -0.150. The minimum atomic E-state index is -0.506. The Morgan fingerprint density at radius 3 is 2.59 bits per heavy atom. The lowest BCUT2D eigenvalue weighted by atomic mass is 9.85. The molecular weight excluding hydrogens is 463 g/mol. The molecule has 1 saturated carbocycles. The van der Waals surface area contributed by atoms with E-state index in [4.69, 9.17) is 21.7 Å². The molecule has 2 heterocycles. The molecule has 0 bridgehead atoms. The van der Waals surface area contributed by atoms with Crippen molar-refractivity contribution in [3.8, 4) is 0 Å². The summed E-state index contributed by atoms with van der Waals surface area (Å²) in [6.45, 7) is 3.42. The highest BCUT2D eigenvalue weighted by Gasteiger charge is 2.34. The summed E-state index contributed by atoms with van der Waals surface area (Å²) < 4.78 is 25.2. The van der Waals surface area contributed by atoms with Crippen molar-refractivity contribution in [2.75, 3.05) is 55.7 Å². The number of nitrogens with zero attached hydrogens (tertiary/aromatic N) is 3. The van der Waals surface area contributed by atoms with Gasteiger partial charge in [0.1, 0.15) is 11.9 Å². The fraction of sp³-hybridized carbons (Fsp3) is 0.565. The Morgan fingerprint density at radius 1 is 1.24 bits per heavy atom. The van der Waals surface area contributed by atoms with E-state index in [0.29, 0.717) is 56.6 Å². The van der Waals surface area contributed by atoms with Gasteiger partial charge in [0.15, 0.2) is 6.61 Å². The van der Waals surface area contributed by atoms with Crippen molar-refractivity contribution in [2.24, 2.45) is 5.92 Å². The van der Waals surface area contributed by atoms with Gasteiger partial charge >= 0.3 is 12.1 Å². The summed E-state index contributed by atoms with van der Waals surface area (Å²) >= 11 is 5.39. The largest absolute Gasteiger partial charge is 0.456 e. The average Bonchev–Trinajstić information content (AvgIpc) is 3.15. The highest BCUT2D eigenvalue weighted by atomic mass is 32.1. The van der Waals surface area contributed by atoms with Gasteiger partial charge in [-0.25, -0.2) is 9.18 Å². The van der Waals surface area contributed by atoms with Crippen LogP contribution in [0.1, 0.15) is 26.2 Å². The van der Waals surface area contributed by atoms with E-state index in [2.05, 4.69) is 5.32 Å². The molecule has 1 N–H and O–H groups in total. The third-order valence-corrected chi connectivity index (χ3v) is 6.95. The van der Waals surface area contributed by atoms with Crippen LogP contribution in [0.25, 0.3) is 0 Å². The Morgan fingerprint density at radius 2 is 1.97 bits per heavy atom. The number of thiocarbonyl (C=S) groups is 1. The zero-order valence-corrected chi connectivity index (χ0v) is 19.9. The number of rotatable bonds is 7. The number of carbonyl (C=O) groups excluding carboxylic acids is 3. The number of hydrogen-bond donors (Lipinski definition) is 1. The van der Waals surface area contributed by atoms with Crippen LogP contribution in [0.5, 0.6) is 0 Å². The summed E-state index contributed by atoms with van der Waals surface area (Å²) in [6.07, 6.45) is 2.55. The molecule has 3 fully saturated rings. The maximum Gasteiger partial charge on any atom is 0.414 e. The smallest absolute Gasteiger partial charge is 0.414 e. The molecule has 1 atom stereocenters. The molecule has 184 valence electrons. The highest BCUT2D eigenvalue weighted by molar-refractivity contribution is 7.80. The summed E-state index contributed by atoms with van der Waals surface area (Å²) in [5.41, 5.74) is 0.845. The SMILES string of the molecule is CC(=O)OCC(=O)N1CCN(c2ccc(N3CC(CNC(=S)C4CCC4)OC3=O)cc2F)CC1. The van der Waals surface area contributed by atoms with E-state index in [9.17, 15) is 18.8 Å². The number of esters is 1. The van der Waals surface area contributed by atoms with Crippen LogP contribution in [0.3, 0.4) is 0 Å². The molecule has 2 amide bonds. The summed E-state index contributed by atoms with van der Waals surface area (Å²) in [5.74, 6) is -0.789. The molecule has 2 saturated heterocycles. The fourth-order valence-corrected chi connectivity index (χ4v) is 4.56. The van der Waals surface area contributed by atoms with Crippen LogP contribution in [0.2, 0.25) is 0 Å². The Kier molecular flexibility index (Phi) is 7.50. The monoisotopic (exact) mass is 492 g/mol.